The summed E-state index contributed by atoms with van der Waals surface area (Å²) in [6.07, 6.45) is 1.22. The van der Waals surface area contributed by atoms with Crippen LogP contribution in [0.5, 0.6) is 0 Å². The first kappa shape index (κ1) is 14.8. The molecule has 0 aromatic carbocycles. The summed E-state index contributed by atoms with van der Waals surface area (Å²) in [5.74, 6) is 0. The Balaban J connectivity index is 2.14. The van der Waals surface area contributed by atoms with Gasteiger partial charge in [-0.05, 0) is 35.4 Å². The van der Waals surface area contributed by atoms with Crippen LogP contribution in [0, 0.1) is 15.0 Å². The SMILES string of the molecule is N#CCn1nc(I)c2nc(Cl)cc(N3CCC(O)CC3)c21. The van der Waals surface area contributed by atoms with Crippen LogP contribution >= 0.6 is 34.2 Å². The highest BCUT2D eigenvalue weighted by Gasteiger charge is 2.23. The van der Waals surface area contributed by atoms with Gasteiger partial charge in [-0.3, -0.25) is 0 Å². The van der Waals surface area contributed by atoms with Gasteiger partial charge < -0.3 is 10.0 Å². The van der Waals surface area contributed by atoms with Crippen molar-refractivity contribution in [3.05, 3.63) is 14.9 Å². The predicted octanol–water partition coefficient (Wildman–Crippen LogP) is 2.17. The quantitative estimate of drug-likeness (QED) is 0.599. The number of nitrogens with zero attached hydrogens (tertiary/aromatic N) is 5. The standard InChI is InChI=1S/C13H13ClIN5O/c14-10-7-9(19-4-1-8(21)2-5-19)12-11(17-10)13(15)18-20(12)6-3-16/h7-8,21H,1-2,4-6H2. The summed E-state index contributed by atoms with van der Waals surface area (Å²) < 4.78 is 2.40. The van der Waals surface area contributed by atoms with Crippen LogP contribution in [0.25, 0.3) is 11.0 Å². The number of rotatable bonds is 2. The van der Waals surface area contributed by atoms with Crippen LogP contribution in [0.3, 0.4) is 0 Å². The molecule has 0 spiro atoms. The molecule has 0 bridgehead atoms. The summed E-state index contributed by atoms with van der Waals surface area (Å²) in [5, 5.41) is 23.4. The Kier molecular flexibility index (Phi) is 4.19. The average molecular weight is 418 g/mol. The molecule has 1 fully saturated rings. The van der Waals surface area contributed by atoms with E-state index in [-0.39, 0.29) is 12.6 Å². The Labute approximate surface area is 140 Å². The normalized spacial score (nSPS) is 16.4. The first-order valence-electron chi connectivity index (χ1n) is 6.62. The molecule has 6 nitrogen and oxygen atoms in total. The zero-order valence-corrected chi connectivity index (χ0v) is 14.0. The average Bonchev–Trinajstić information content (AvgIpc) is 2.76. The van der Waals surface area contributed by atoms with Gasteiger partial charge in [-0.1, -0.05) is 11.6 Å². The maximum absolute atomic E-state index is 9.66. The number of hydrogen-bond acceptors (Lipinski definition) is 5. The van der Waals surface area contributed by atoms with E-state index >= 15 is 0 Å². The molecular weight excluding hydrogens is 405 g/mol. The first-order valence-corrected chi connectivity index (χ1v) is 8.08. The summed E-state index contributed by atoms with van der Waals surface area (Å²) >= 11 is 8.24. The molecule has 2 aromatic heterocycles. The molecule has 0 amide bonds. The molecule has 1 saturated heterocycles. The Morgan fingerprint density at radius 1 is 1.48 bits per heavy atom. The van der Waals surface area contributed by atoms with Gasteiger partial charge in [0, 0.05) is 19.2 Å². The summed E-state index contributed by atoms with van der Waals surface area (Å²) in [6.45, 7) is 1.68. The molecule has 0 atom stereocenters. The van der Waals surface area contributed by atoms with E-state index in [0.29, 0.717) is 5.15 Å². The highest BCUT2D eigenvalue weighted by atomic mass is 127. The van der Waals surface area contributed by atoms with Crippen LogP contribution in [0.1, 0.15) is 12.8 Å². The van der Waals surface area contributed by atoms with E-state index < -0.39 is 0 Å². The highest BCUT2D eigenvalue weighted by molar-refractivity contribution is 14.1. The van der Waals surface area contributed by atoms with Gasteiger partial charge in [0.05, 0.1) is 17.9 Å². The molecule has 8 heteroatoms. The van der Waals surface area contributed by atoms with Crippen molar-refractivity contribution in [2.24, 2.45) is 0 Å². The van der Waals surface area contributed by atoms with Gasteiger partial charge in [0.2, 0.25) is 0 Å². The van der Waals surface area contributed by atoms with Crippen molar-refractivity contribution in [3.8, 4) is 6.07 Å². The molecular formula is C13H13ClIN5O. The van der Waals surface area contributed by atoms with Gasteiger partial charge in [-0.25, -0.2) is 9.67 Å². The van der Waals surface area contributed by atoms with E-state index in [4.69, 9.17) is 16.9 Å². The lowest BCUT2D eigenvalue weighted by molar-refractivity contribution is 0.145. The van der Waals surface area contributed by atoms with Crippen LogP contribution in [0.2, 0.25) is 5.15 Å². The van der Waals surface area contributed by atoms with Gasteiger partial charge in [-0.15, -0.1) is 0 Å². The van der Waals surface area contributed by atoms with Crippen molar-refractivity contribution in [1.82, 2.24) is 14.8 Å². The fourth-order valence-electron chi connectivity index (χ4n) is 2.63. The summed E-state index contributed by atoms with van der Waals surface area (Å²) in [4.78, 5) is 6.51. The third-order valence-electron chi connectivity index (χ3n) is 3.63. The minimum Gasteiger partial charge on any atom is -0.393 e. The maximum atomic E-state index is 9.66. The highest BCUT2D eigenvalue weighted by Crippen LogP contribution is 2.32. The minimum absolute atomic E-state index is 0.173. The number of nitriles is 1. The van der Waals surface area contributed by atoms with Crippen molar-refractivity contribution in [3.63, 3.8) is 0 Å². The van der Waals surface area contributed by atoms with Gasteiger partial charge in [0.25, 0.3) is 0 Å². The van der Waals surface area contributed by atoms with Crippen LogP contribution in [0.4, 0.5) is 5.69 Å². The number of aromatic nitrogens is 3. The van der Waals surface area contributed by atoms with E-state index in [1.54, 1.807) is 4.68 Å². The number of aliphatic hydroxyl groups excluding tert-OH is 1. The predicted molar refractivity (Wildman–Crippen MR) is 88.3 cm³/mol. The molecule has 1 aliphatic heterocycles. The molecule has 0 aliphatic carbocycles. The molecule has 3 rings (SSSR count). The Bertz CT molecular complexity index is 717. The monoisotopic (exact) mass is 417 g/mol. The molecule has 0 radical (unpaired) electrons. The molecule has 1 aliphatic rings. The van der Waals surface area contributed by atoms with Crippen LogP contribution < -0.4 is 4.90 Å². The second kappa shape index (κ2) is 5.94. The number of piperidine rings is 1. The number of pyridine rings is 1. The Hall–Kier alpha value is -1.11. The number of aliphatic hydroxyl groups is 1. The Morgan fingerprint density at radius 3 is 2.86 bits per heavy atom. The Morgan fingerprint density at radius 2 is 2.19 bits per heavy atom. The van der Waals surface area contributed by atoms with Crippen LogP contribution in [-0.4, -0.2) is 39.1 Å². The molecule has 21 heavy (non-hydrogen) atoms. The number of anilines is 1. The van der Waals surface area contributed by atoms with Crippen LogP contribution in [0.15, 0.2) is 6.07 Å². The van der Waals surface area contributed by atoms with E-state index in [0.717, 1.165) is 46.4 Å². The fourth-order valence-corrected chi connectivity index (χ4v) is 3.45. The van der Waals surface area contributed by atoms with Crippen molar-refractivity contribution >= 4 is 50.9 Å². The number of fused-ring (bicyclic) bond motifs is 1. The molecule has 3 heterocycles. The largest absolute Gasteiger partial charge is 0.393 e. The number of hydrogen-bond donors (Lipinski definition) is 1. The molecule has 1 N–H and O–H groups in total. The van der Waals surface area contributed by atoms with E-state index in [1.807, 2.05) is 6.07 Å². The zero-order valence-electron chi connectivity index (χ0n) is 11.1. The second-order valence-corrected chi connectivity index (χ2v) is 6.40. The summed E-state index contributed by atoms with van der Waals surface area (Å²) in [6, 6.07) is 3.93. The number of halogens is 2. The summed E-state index contributed by atoms with van der Waals surface area (Å²) in [7, 11) is 0. The molecule has 110 valence electrons. The molecule has 0 saturated carbocycles. The lowest BCUT2D eigenvalue weighted by Gasteiger charge is -2.32. The van der Waals surface area contributed by atoms with Gasteiger partial charge in [0.15, 0.2) is 0 Å². The maximum Gasteiger partial charge on any atom is 0.149 e. The smallest absolute Gasteiger partial charge is 0.149 e. The van der Waals surface area contributed by atoms with E-state index in [1.165, 1.54) is 0 Å². The van der Waals surface area contributed by atoms with Crippen molar-refractivity contribution < 1.29 is 5.11 Å². The van der Waals surface area contributed by atoms with Crippen molar-refractivity contribution in [1.29, 1.82) is 5.26 Å². The van der Waals surface area contributed by atoms with Crippen molar-refractivity contribution in [2.75, 3.05) is 18.0 Å². The lowest BCUT2D eigenvalue weighted by atomic mass is 10.1. The third kappa shape index (κ3) is 2.80. The third-order valence-corrected chi connectivity index (χ3v) is 4.55. The topological polar surface area (TPSA) is 78.0 Å². The zero-order chi connectivity index (χ0) is 15.0. The first-order chi connectivity index (χ1) is 10.1. The second-order valence-electron chi connectivity index (χ2n) is 4.99. The van der Waals surface area contributed by atoms with E-state index in [9.17, 15) is 5.11 Å². The van der Waals surface area contributed by atoms with Crippen molar-refractivity contribution in [2.45, 2.75) is 25.5 Å². The lowest BCUT2D eigenvalue weighted by Crippen LogP contribution is -2.36. The van der Waals surface area contributed by atoms with Gasteiger partial charge in [-0.2, -0.15) is 10.4 Å². The van der Waals surface area contributed by atoms with E-state index in [2.05, 4.69) is 43.6 Å². The van der Waals surface area contributed by atoms with Gasteiger partial charge >= 0.3 is 0 Å². The minimum atomic E-state index is -0.238. The fraction of sp³-hybridized carbons (Fsp3) is 0.462. The van der Waals surface area contributed by atoms with Crippen LogP contribution in [-0.2, 0) is 6.54 Å². The molecule has 2 aromatic rings. The summed E-state index contributed by atoms with van der Waals surface area (Å²) in [5.41, 5.74) is 2.49. The van der Waals surface area contributed by atoms with Gasteiger partial charge in [0.1, 0.15) is 26.4 Å². The molecule has 0 unspecified atom stereocenters.